The SMILES string of the molecule is CCc1cc2c(=O)n(CC(=O)OC3CCC(C)CC3)c(=S)[nH]c2s1. The highest BCUT2D eigenvalue weighted by molar-refractivity contribution is 7.71. The van der Waals surface area contributed by atoms with Crippen LogP contribution in [-0.4, -0.2) is 21.6 Å². The standard InChI is InChI=1S/C17H22N2O3S2/c1-3-12-8-13-15(24-12)18-17(23)19(16(13)21)9-14(20)22-11-6-4-10(2)5-7-11/h8,10-11H,3-7,9H2,1-2H3,(H,18,23). The van der Waals surface area contributed by atoms with Gasteiger partial charge in [0.05, 0.1) is 5.39 Å². The van der Waals surface area contributed by atoms with Gasteiger partial charge in [0.1, 0.15) is 17.5 Å². The molecule has 0 amide bonds. The van der Waals surface area contributed by atoms with Gasteiger partial charge in [-0.15, -0.1) is 11.3 Å². The number of nitrogens with one attached hydrogen (secondary N) is 1. The molecule has 0 bridgehead atoms. The summed E-state index contributed by atoms with van der Waals surface area (Å²) in [5, 5.41) is 0.588. The molecule has 2 aromatic rings. The number of thiophene rings is 1. The van der Waals surface area contributed by atoms with Crippen molar-refractivity contribution in [1.82, 2.24) is 9.55 Å². The van der Waals surface area contributed by atoms with Crippen LogP contribution in [0, 0.1) is 10.7 Å². The van der Waals surface area contributed by atoms with Crippen LogP contribution in [0.25, 0.3) is 10.2 Å². The van der Waals surface area contributed by atoms with E-state index in [0.29, 0.717) is 11.3 Å². The molecule has 0 spiro atoms. The maximum atomic E-state index is 12.6. The molecule has 0 aromatic carbocycles. The van der Waals surface area contributed by atoms with Crippen molar-refractivity contribution in [2.45, 2.75) is 58.6 Å². The molecule has 2 heterocycles. The number of ether oxygens (including phenoxy) is 1. The number of aromatic nitrogens is 2. The topological polar surface area (TPSA) is 64.1 Å². The van der Waals surface area contributed by atoms with E-state index in [1.54, 1.807) is 0 Å². The number of aryl methyl sites for hydroxylation is 1. The number of rotatable bonds is 4. The molecule has 1 N–H and O–H groups in total. The second kappa shape index (κ2) is 7.19. The van der Waals surface area contributed by atoms with E-state index in [-0.39, 0.29) is 28.9 Å². The van der Waals surface area contributed by atoms with Gasteiger partial charge in [0.25, 0.3) is 5.56 Å². The van der Waals surface area contributed by atoms with Crippen LogP contribution in [0.5, 0.6) is 0 Å². The molecule has 0 radical (unpaired) electrons. The van der Waals surface area contributed by atoms with E-state index < -0.39 is 0 Å². The highest BCUT2D eigenvalue weighted by Gasteiger charge is 2.22. The summed E-state index contributed by atoms with van der Waals surface area (Å²) in [5.74, 6) is 0.312. The fourth-order valence-corrected chi connectivity index (χ4v) is 4.41. The van der Waals surface area contributed by atoms with Crippen LogP contribution in [0.3, 0.4) is 0 Å². The fraction of sp³-hybridized carbons (Fsp3) is 0.588. The Kier molecular flexibility index (Phi) is 5.20. The Morgan fingerprint density at radius 3 is 2.79 bits per heavy atom. The molecule has 0 unspecified atom stereocenters. The highest BCUT2D eigenvalue weighted by atomic mass is 32.1. The third kappa shape index (κ3) is 3.62. The molecule has 1 aliphatic rings. The number of hydrogen-bond donors (Lipinski definition) is 1. The molecular formula is C17H22N2O3S2. The Hall–Kier alpha value is -1.47. The number of nitrogens with zero attached hydrogens (tertiary/aromatic N) is 1. The Morgan fingerprint density at radius 1 is 1.42 bits per heavy atom. The summed E-state index contributed by atoms with van der Waals surface area (Å²) < 4.78 is 7.11. The molecular weight excluding hydrogens is 344 g/mol. The minimum Gasteiger partial charge on any atom is -0.461 e. The smallest absolute Gasteiger partial charge is 0.326 e. The average Bonchev–Trinajstić information content (AvgIpc) is 2.97. The van der Waals surface area contributed by atoms with Crippen LogP contribution < -0.4 is 5.56 Å². The van der Waals surface area contributed by atoms with Gasteiger partial charge < -0.3 is 9.72 Å². The van der Waals surface area contributed by atoms with Gasteiger partial charge in [0.2, 0.25) is 0 Å². The molecule has 0 saturated heterocycles. The van der Waals surface area contributed by atoms with Crippen molar-refractivity contribution < 1.29 is 9.53 Å². The van der Waals surface area contributed by atoms with Gasteiger partial charge in [0.15, 0.2) is 4.77 Å². The normalized spacial score (nSPS) is 21.1. The van der Waals surface area contributed by atoms with Gasteiger partial charge in [-0.3, -0.25) is 14.2 Å². The zero-order valence-electron chi connectivity index (χ0n) is 14.0. The van der Waals surface area contributed by atoms with Crippen LogP contribution in [0.4, 0.5) is 0 Å². The second-order valence-corrected chi connectivity index (χ2v) is 8.03. The summed E-state index contributed by atoms with van der Waals surface area (Å²) in [6.07, 6.45) is 4.80. The largest absolute Gasteiger partial charge is 0.461 e. The summed E-state index contributed by atoms with van der Waals surface area (Å²) >= 11 is 6.79. The molecule has 7 heteroatoms. The molecule has 5 nitrogen and oxygen atoms in total. The monoisotopic (exact) mass is 366 g/mol. The van der Waals surface area contributed by atoms with Crippen molar-refractivity contribution in [3.63, 3.8) is 0 Å². The fourth-order valence-electron chi connectivity index (χ4n) is 3.11. The van der Waals surface area contributed by atoms with E-state index >= 15 is 0 Å². The Balaban J connectivity index is 1.78. The van der Waals surface area contributed by atoms with Crippen molar-refractivity contribution in [3.05, 3.63) is 26.1 Å². The van der Waals surface area contributed by atoms with Crippen molar-refractivity contribution in [2.75, 3.05) is 0 Å². The lowest BCUT2D eigenvalue weighted by atomic mass is 9.89. The zero-order valence-corrected chi connectivity index (χ0v) is 15.6. The number of carbonyl (C=O) groups is 1. The maximum Gasteiger partial charge on any atom is 0.326 e. The molecule has 130 valence electrons. The first-order valence-corrected chi connectivity index (χ1v) is 9.65. The van der Waals surface area contributed by atoms with Gasteiger partial charge in [0, 0.05) is 4.88 Å². The van der Waals surface area contributed by atoms with Crippen LogP contribution in [0.2, 0.25) is 0 Å². The van der Waals surface area contributed by atoms with E-state index in [9.17, 15) is 9.59 Å². The van der Waals surface area contributed by atoms with Crippen LogP contribution in [0.1, 0.15) is 44.4 Å². The zero-order chi connectivity index (χ0) is 17.3. The number of esters is 1. The second-order valence-electron chi connectivity index (χ2n) is 6.50. The minimum atomic E-state index is -0.388. The number of aromatic amines is 1. The van der Waals surface area contributed by atoms with Crippen molar-refractivity contribution in [1.29, 1.82) is 0 Å². The minimum absolute atomic E-state index is 0.0291. The van der Waals surface area contributed by atoms with Crippen LogP contribution in [-0.2, 0) is 22.5 Å². The van der Waals surface area contributed by atoms with Gasteiger partial charge in [-0.1, -0.05) is 13.8 Å². The quantitative estimate of drug-likeness (QED) is 0.660. The Morgan fingerprint density at radius 2 is 2.12 bits per heavy atom. The molecule has 24 heavy (non-hydrogen) atoms. The molecule has 0 aliphatic heterocycles. The predicted octanol–water partition coefficient (Wildman–Crippen LogP) is 3.80. The first kappa shape index (κ1) is 17.4. The Labute approximate surface area is 149 Å². The van der Waals surface area contributed by atoms with Gasteiger partial charge in [-0.2, -0.15) is 0 Å². The predicted molar refractivity (Wildman–Crippen MR) is 98.2 cm³/mol. The molecule has 1 fully saturated rings. The molecule has 1 saturated carbocycles. The lowest BCUT2D eigenvalue weighted by molar-refractivity contribution is -0.151. The van der Waals surface area contributed by atoms with E-state index in [1.165, 1.54) is 15.9 Å². The van der Waals surface area contributed by atoms with Crippen molar-refractivity contribution >= 4 is 39.7 Å². The summed E-state index contributed by atoms with van der Waals surface area (Å²) in [6.45, 7) is 4.13. The third-order valence-electron chi connectivity index (χ3n) is 4.62. The summed E-state index contributed by atoms with van der Waals surface area (Å²) in [4.78, 5) is 29.8. The van der Waals surface area contributed by atoms with E-state index in [2.05, 4.69) is 11.9 Å². The average molecular weight is 367 g/mol. The molecule has 3 rings (SSSR count). The van der Waals surface area contributed by atoms with E-state index in [1.807, 2.05) is 13.0 Å². The first-order valence-electron chi connectivity index (χ1n) is 8.43. The van der Waals surface area contributed by atoms with Crippen LogP contribution >= 0.6 is 23.6 Å². The maximum absolute atomic E-state index is 12.6. The summed E-state index contributed by atoms with van der Waals surface area (Å²) in [7, 11) is 0. The van der Waals surface area contributed by atoms with E-state index in [4.69, 9.17) is 17.0 Å². The first-order chi connectivity index (χ1) is 11.5. The van der Waals surface area contributed by atoms with Gasteiger partial charge in [-0.05, 0) is 56.3 Å². The molecule has 0 atom stereocenters. The van der Waals surface area contributed by atoms with Crippen LogP contribution in [0.15, 0.2) is 10.9 Å². The molecule has 1 aliphatic carbocycles. The number of fused-ring (bicyclic) bond motifs is 1. The lowest BCUT2D eigenvalue weighted by Crippen LogP contribution is -2.30. The Bertz CT molecular complexity index is 857. The third-order valence-corrected chi connectivity index (χ3v) is 6.14. The number of hydrogen-bond acceptors (Lipinski definition) is 5. The van der Waals surface area contributed by atoms with Gasteiger partial charge >= 0.3 is 5.97 Å². The summed E-state index contributed by atoms with van der Waals surface area (Å²) in [5.41, 5.74) is -0.223. The van der Waals surface area contributed by atoms with Gasteiger partial charge in [-0.25, -0.2) is 0 Å². The van der Waals surface area contributed by atoms with Crippen molar-refractivity contribution in [3.8, 4) is 0 Å². The number of carbonyl (C=O) groups excluding carboxylic acids is 1. The highest BCUT2D eigenvalue weighted by Crippen LogP contribution is 2.25. The summed E-state index contributed by atoms with van der Waals surface area (Å²) in [6, 6.07) is 1.87. The number of H-pyrrole nitrogens is 1. The van der Waals surface area contributed by atoms with E-state index in [0.717, 1.165) is 41.8 Å². The molecule has 2 aromatic heterocycles. The van der Waals surface area contributed by atoms with Crippen molar-refractivity contribution in [2.24, 2.45) is 5.92 Å². The lowest BCUT2D eigenvalue weighted by Gasteiger charge is -2.26.